The van der Waals surface area contributed by atoms with E-state index in [1.54, 1.807) is 6.92 Å². The number of aromatic nitrogens is 4. The molecule has 0 fully saturated rings. The second-order valence-electron chi connectivity index (χ2n) is 11.2. The first-order valence-electron chi connectivity index (χ1n) is 15.3. The number of hydrogen-bond donors (Lipinski definition) is 1. The first kappa shape index (κ1) is 34.6. The molecule has 3 atom stereocenters. The zero-order valence-corrected chi connectivity index (χ0v) is 28.4. The molecule has 1 N–H and O–H groups in total. The van der Waals surface area contributed by atoms with E-state index in [2.05, 4.69) is 21.1 Å². The van der Waals surface area contributed by atoms with Crippen LogP contribution in [-0.2, 0) is 39.6 Å². The number of rotatable bonds is 17. The third-order valence-corrected chi connectivity index (χ3v) is 9.29. The summed E-state index contributed by atoms with van der Waals surface area (Å²) in [5.74, 6) is 0. The Morgan fingerprint density at radius 1 is 0.872 bits per heavy atom. The van der Waals surface area contributed by atoms with Crippen LogP contribution in [-0.4, -0.2) is 55.5 Å². The quantitative estimate of drug-likeness (QED) is 0.0641. The fourth-order valence-electron chi connectivity index (χ4n) is 5.39. The summed E-state index contributed by atoms with van der Waals surface area (Å²) in [6.45, 7) is 3.07. The molecule has 5 aromatic rings. The second kappa shape index (κ2) is 16.4. The van der Waals surface area contributed by atoms with Crippen molar-refractivity contribution in [3.8, 4) is 6.07 Å². The number of aliphatic hydroxyl groups is 1. The van der Waals surface area contributed by atoms with Crippen LogP contribution < -0.4 is 0 Å². The molecular weight excluding hydrogens is 631 g/mol. The van der Waals surface area contributed by atoms with E-state index >= 15 is 0 Å². The van der Waals surface area contributed by atoms with Gasteiger partial charge < -0.3 is 19.3 Å². The lowest BCUT2D eigenvalue weighted by Gasteiger charge is -2.45. The fraction of sp³-hybridized carbons (Fsp3) is 0.333. The van der Waals surface area contributed by atoms with E-state index in [-0.39, 0.29) is 18.9 Å². The standard InChI is InChI=1S/C36H39N5O4S2/c1-35(45-25-29-18-11-6-12-19-29,36(42,26-37)30-22-38-32-33(46-2)39-34(47-3)40-41(30)32)31(44-24-28-16-9-5-10-17-28)20-13-21-43-23-27-14-7-4-8-15-27/h4-12,14-19,22,31,42H,13,20-21,23-25H2,1-3H3. The molecule has 0 radical (unpaired) electrons. The molecule has 0 saturated heterocycles. The molecule has 3 unspecified atom stereocenters. The summed E-state index contributed by atoms with van der Waals surface area (Å²) in [6, 6.07) is 31.7. The van der Waals surface area contributed by atoms with Gasteiger partial charge in [0.1, 0.15) is 22.4 Å². The first-order valence-corrected chi connectivity index (χ1v) is 17.8. The highest BCUT2D eigenvalue weighted by molar-refractivity contribution is 7.99. The van der Waals surface area contributed by atoms with Crippen LogP contribution in [0.5, 0.6) is 0 Å². The summed E-state index contributed by atoms with van der Waals surface area (Å²) < 4.78 is 20.9. The van der Waals surface area contributed by atoms with Crippen LogP contribution in [0.15, 0.2) is 107 Å². The summed E-state index contributed by atoms with van der Waals surface area (Å²) in [4.78, 5) is 9.13. The van der Waals surface area contributed by atoms with Crippen molar-refractivity contribution in [3.05, 3.63) is 120 Å². The van der Waals surface area contributed by atoms with Gasteiger partial charge in [0.05, 0.1) is 32.1 Å². The summed E-state index contributed by atoms with van der Waals surface area (Å²) in [5, 5.41) is 29.4. The van der Waals surface area contributed by atoms with Gasteiger partial charge in [-0.3, -0.25) is 0 Å². The van der Waals surface area contributed by atoms with Crippen LogP contribution in [0, 0.1) is 11.3 Å². The van der Waals surface area contributed by atoms with Crippen LogP contribution in [0.4, 0.5) is 0 Å². The van der Waals surface area contributed by atoms with Gasteiger partial charge in [-0.25, -0.2) is 14.5 Å². The Kier molecular flexibility index (Phi) is 12.0. The van der Waals surface area contributed by atoms with E-state index in [0.717, 1.165) is 16.7 Å². The van der Waals surface area contributed by atoms with Gasteiger partial charge in [0.15, 0.2) is 5.65 Å². The molecule has 0 saturated carbocycles. The van der Waals surface area contributed by atoms with Crippen LogP contribution >= 0.6 is 23.5 Å². The minimum absolute atomic E-state index is 0.134. The maximum Gasteiger partial charge on any atom is 0.227 e. The average molecular weight is 670 g/mol. The van der Waals surface area contributed by atoms with Crippen molar-refractivity contribution in [2.45, 2.75) is 67.1 Å². The number of imidazole rings is 1. The molecule has 47 heavy (non-hydrogen) atoms. The predicted octanol–water partition coefficient (Wildman–Crippen LogP) is 6.84. The molecule has 0 spiro atoms. The van der Waals surface area contributed by atoms with E-state index in [1.165, 1.54) is 34.2 Å². The van der Waals surface area contributed by atoms with Gasteiger partial charge in [-0.1, -0.05) is 103 Å². The molecule has 0 aliphatic heterocycles. The van der Waals surface area contributed by atoms with Gasteiger partial charge in [-0.05, 0) is 49.0 Å². The largest absolute Gasteiger partial charge is 0.377 e. The monoisotopic (exact) mass is 669 g/mol. The lowest BCUT2D eigenvalue weighted by Crippen LogP contribution is -2.59. The topological polar surface area (TPSA) is 115 Å². The summed E-state index contributed by atoms with van der Waals surface area (Å²) in [5.41, 5.74) is -0.281. The summed E-state index contributed by atoms with van der Waals surface area (Å²) >= 11 is 2.78. The number of fused-ring (bicyclic) bond motifs is 1. The summed E-state index contributed by atoms with van der Waals surface area (Å²) in [7, 11) is 0. The number of nitrogens with zero attached hydrogens (tertiary/aromatic N) is 5. The predicted molar refractivity (Wildman–Crippen MR) is 184 cm³/mol. The van der Waals surface area contributed by atoms with Gasteiger partial charge in [-0.2, -0.15) is 5.26 Å². The average Bonchev–Trinajstić information content (AvgIpc) is 3.57. The molecule has 2 heterocycles. The molecule has 244 valence electrons. The molecule has 2 aromatic heterocycles. The van der Waals surface area contributed by atoms with Gasteiger partial charge in [0.25, 0.3) is 0 Å². The highest BCUT2D eigenvalue weighted by atomic mass is 32.2. The van der Waals surface area contributed by atoms with E-state index in [0.29, 0.717) is 41.9 Å². The van der Waals surface area contributed by atoms with E-state index in [1.807, 2.05) is 104 Å². The van der Waals surface area contributed by atoms with Gasteiger partial charge in [-0.15, -0.1) is 16.9 Å². The van der Waals surface area contributed by atoms with Gasteiger partial charge in [0.2, 0.25) is 10.8 Å². The molecule has 9 nitrogen and oxygen atoms in total. The molecule has 0 aliphatic rings. The Labute approximate surface area is 284 Å². The molecule has 5 rings (SSSR count). The summed E-state index contributed by atoms with van der Waals surface area (Å²) in [6.07, 6.45) is 5.55. The lowest BCUT2D eigenvalue weighted by molar-refractivity contribution is -0.228. The molecule has 11 heteroatoms. The Bertz CT molecular complexity index is 1750. The van der Waals surface area contributed by atoms with Crippen molar-refractivity contribution in [1.29, 1.82) is 5.26 Å². The van der Waals surface area contributed by atoms with Crippen LogP contribution in [0.1, 0.15) is 42.1 Å². The minimum atomic E-state index is -2.24. The van der Waals surface area contributed by atoms with Crippen molar-refractivity contribution in [3.63, 3.8) is 0 Å². The number of hydrogen-bond acceptors (Lipinski definition) is 10. The SMILES string of the molecule is CSc1nc(SC)c2ncc(C(O)(C#N)C(C)(OCc3ccccc3)C(CCCOCc3ccccc3)OCc3ccccc3)n2n1. The first-order chi connectivity index (χ1) is 22.9. The molecule has 0 amide bonds. The molecular formula is C36H39N5O4S2. The Hall–Kier alpha value is -3.76. The highest BCUT2D eigenvalue weighted by Crippen LogP contribution is 2.42. The van der Waals surface area contributed by atoms with Crippen molar-refractivity contribution in [2.75, 3.05) is 19.1 Å². The Morgan fingerprint density at radius 3 is 2.04 bits per heavy atom. The maximum atomic E-state index is 12.7. The third-order valence-electron chi connectivity index (χ3n) is 8.10. The number of ether oxygens (including phenoxy) is 3. The molecule has 0 bridgehead atoms. The fourth-order valence-corrected chi connectivity index (χ4v) is 6.30. The normalized spacial score (nSPS) is 14.7. The number of benzene rings is 3. The smallest absolute Gasteiger partial charge is 0.227 e. The Balaban J connectivity index is 1.53. The van der Waals surface area contributed by atoms with E-state index in [4.69, 9.17) is 14.2 Å². The van der Waals surface area contributed by atoms with Gasteiger partial charge in [0, 0.05) is 6.61 Å². The van der Waals surface area contributed by atoms with Gasteiger partial charge >= 0.3 is 0 Å². The van der Waals surface area contributed by atoms with Crippen LogP contribution in [0.2, 0.25) is 0 Å². The highest BCUT2D eigenvalue weighted by Gasteiger charge is 2.57. The van der Waals surface area contributed by atoms with Crippen molar-refractivity contribution in [1.82, 2.24) is 19.6 Å². The maximum absolute atomic E-state index is 12.7. The minimum Gasteiger partial charge on any atom is -0.377 e. The molecule has 3 aromatic carbocycles. The van der Waals surface area contributed by atoms with Crippen LogP contribution in [0.3, 0.4) is 0 Å². The zero-order chi connectivity index (χ0) is 33.1. The zero-order valence-electron chi connectivity index (χ0n) is 26.8. The Morgan fingerprint density at radius 2 is 1.47 bits per heavy atom. The lowest BCUT2D eigenvalue weighted by atomic mass is 9.76. The van der Waals surface area contributed by atoms with Crippen LogP contribution in [0.25, 0.3) is 5.65 Å². The van der Waals surface area contributed by atoms with Crippen molar-refractivity contribution >= 4 is 29.2 Å². The number of thioether (sulfide) groups is 2. The van der Waals surface area contributed by atoms with E-state index < -0.39 is 17.3 Å². The number of nitriles is 1. The van der Waals surface area contributed by atoms with Crippen molar-refractivity contribution < 1.29 is 19.3 Å². The third kappa shape index (κ3) is 8.04. The molecule has 0 aliphatic carbocycles. The van der Waals surface area contributed by atoms with Crippen molar-refractivity contribution in [2.24, 2.45) is 0 Å². The second-order valence-corrected chi connectivity index (χ2v) is 12.7. The van der Waals surface area contributed by atoms with E-state index in [9.17, 15) is 10.4 Å².